The zero-order chi connectivity index (χ0) is 18.8. The zero-order valence-corrected chi connectivity index (χ0v) is 15.7. The van der Waals surface area contributed by atoms with E-state index in [2.05, 4.69) is 33.2 Å². The van der Waals surface area contributed by atoms with Crippen molar-refractivity contribution in [2.24, 2.45) is 0 Å². The van der Waals surface area contributed by atoms with Crippen LogP contribution in [0, 0.1) is 6.92 Å². The van der Waals surface area contributed by atoms with Gasteiger partial charge >= 0.3 is 0 Å². The minimum absolute atomic E-state index is 0.0384. The van der Waals surface area contributed by atoms with Crippen LogP contribution in [0.25, 0.3) is 10.9 Å². The van der Waals surface area contributed by atoms with Gasteiger partial charge in [0.2, 0.25) is 5.91 Å². The van der Waals surface area contributed by atoms with Crippen LogP contribution in [-0.2, 0) is 9.53 Å². The molecule has 3 heterocycles. The lowest BCUT2D eigenvalue weighted by molar-refractivity contribution is -0.114. The predicted octanol–water partition coefficient (Wildman–Crippen LogP) is 3.25. The second kappa shape index (κ2) is 7.50. The van der Waals surface area contributed by atoms with Gasteiger partial charge in [0.25, 0.3) is 0 Å². The largest absolute Gasteiger partial charge is 0.379 e. The Morgan fingerprint density at radius 2 is 2.07 bits per heavy atom. The number of rotatable bonds is 4. The second-order valence-electron chi connectivity index (χ2n) is 6.91. The maximum absolute atomic E-state index is 11.5. The molecule has 3 aromatic rings. The van der Waals surface area contributed by atoms with Crippen LogP contribution < -0.4 is 5.32 Å². The number of nitrogens with one attached hydrogen (secondary N) is 2. The molecule has 1 aliphatic heterocycles. The summed E-state index contributed by atoms with van der Waals surface area (Å²) in [6, 6.07) is 12.1. The van der Waals surface area contributed by atoms with Gasteiger partial charge in [-0.05, 0) is 37.3 Å². The van der Waals surface area contributed by atoms with Gasteiger partial charge in [0.15, 0.2) is 0 Å². The molecule has 1 aliphatic rings. The molecule has 4 rings (SSSR count). The molecule has 2 N–H and O–H groups in total. The number of morpholine rings is 1. The third-order valence-corrected chi connectivity index (χ3v) is 5.01. The van der Waals surface area contributed by atoms with Crippen molar-refractivity contribution < 1.29 is 9.53 Å². The fraction of sp³-hybridized carbons (Fsp3) is 0.333. The fourth-order valence-corrected chi connectivity index (χ4v) is 3.87. The summed E-state index contributed by atoms with van der Waals surface area (Å²) in [6.45, 7) is 6.79. The minimum Gasteiger partial charge on any atom is -0.379 e. The average Bonchev–Trinajstić information content (AvgIpc) is 2.99. The molecule has 0 radical (unpaired) electrons. The van der Waals surface area contributed by atoms with Crippen LogP contribution >= 0.6 is 0 Å². The maximum Gasteiger partial charge on any atom is 0.221 e. The number of carbonyl (C=O) groups excluding carboxylic acids is 1. The monoisotopic (exact) mass is 364 g/mol. The molecular formula is C21H24N4O2. The summed E-state index contributed by atoms with van der Waals surface area (Å²) in [6.07, 6.45) is 1.84. The smallest absolute Gasteiger partial charge is 0.221 e. The van der Waals surface area contributed by atoms with Crippen LogP contribution in [0.2, 0.25) is 0 Å². The third-order valence-electron chi connectivity index (χ3n) is 5.01. The molecule has 6 nitrogen and oxygen atoms in total. The Labute approximate surface area is 158 Å². The first kappa shape index (κ1) is 17.7. The molecule has 27 heavy (non-hydrogen) atoms. The molecule has 0 spiro atoms. The fourth-order valence-electron chi connectivity index (χ4n) is 3.87. The Kier molecular flexibility index (Phi) is 4.92. The number of fused-ring (bicyclic) bond motifs is 1. The standard InChI is InChI=1S/C21H24N4O2/c1-14-20(17-13-16(24-15(2)26)6-7-18(17)23-14)21(19-5-3-4-8-22-19)25-9-11-27-12-10-25/h3-8,13,21,23H,9-12H2,1-2H3,(H,24,26)/t21-/m1/s1. The van der Waals surface area contributed by atoms with Crippen LogP contribution in [0.1, 0.15) is 29.9 Å². The number of H-pyrrole nitrogens is 1. The Bertz CT molecular complexity index is 945. The lowest BCUT2D eigenvalue weighted by Gasteiger charge is -2.34. The topological polar surface area (TPSA) is 70.2 Å². The van der Waals surface area contributed by atoms with Gasteiger partial charge in [-0.1, -0.05) is 6.07 Å². The molecule has 1 aromatic carbocycles. The molecule has 1 amide bonds. The second-order valence-corrected chi connectivity index (χ2v) is 6.91. The summed E-state index contributed by atoms with van der Waals surface area (Å²) in [7, 11) is 0. The first-order valence-corrected chi connectivity index (χ1v) is 9.26. The van der Waals surface area contributed by atoms with Crippen molar-refractivity contribution in [3.8, 4) is 0 Å². The number of hydrogen-bond donors (Lipinski definition) is 2. The molecule has 140 valence electrons. The molecule has 0 aliphatic carbocycles. The van der Waals surface area contributed by atoms with Crippen LogP contribution in [-0.4, -0.2) is 47.1 Å². The first-order valence-electron chi connectivity index (χ1n) is 9.26. The van der Waals surface area contributed by atoms with Crippen LogP contribution in [0.5, 0.6) is 0 Å². The Balaban J connectivity index is 1.86. The lowest BCUT2D eigenvalue weighted by atomic mass is 9.97. The van der Waals surface area contributed by atoms with Crippen molar-refractivity contribution in [1.29, 1.82) is 0 Å². The number of aryl methyl sites for hydroxylation is 1. The zero-order valence-electron chi connectivity index (χ0n) is 15.7. The van der Waals surface area contributed by atoms with Gasteiger partial charge in [0.05, 0.1) is 24.9 Å². The van der Waals surface area contributed by atoms with E-state index in [1.165, 1.54) is 12.5 Å². The molecule has 0 saturated carbocycles. The molecular weight excluding hydrogens is 340 g/mol. The van der Waals surface area contributed by atoms with Crippen molar-refractivity contribution in [3.63, 3.8) is 0 Å². The number of hydrogen-bond acceptors (Lipinski definition) is 4. The van der Waals surface area contributed by atoms with E-state index in [0.717, 1.165) is 54.3 Å². The van der Waals surface area contributed by atoms with Gasteiger partial charge in [-0.3, -0.25) is 14.7 Å². The number of ether oxygens (including phenoxy) is 1. The van der Waals surface area contributed by atoms with Crippen LogP contribution in [0.15, 0.2) is 42.6 Å². The third kappa shape index (κ3) is 3.59. The van der Waals surface area contributed by atoms with Gasteiger partial charge in [-0.25, -0.2) is 0 Å². The summed E-state index contributed by atoms with van der Waals surface area (Å²) in [4.78, 5) is 22.1. The number of aromatic amines is 1. The Morgan fingerprint density at radius 3 is 2.78 bits per heavy atom. The van der Waals surface area contributed by atoms with E-state index in [4.69, 9.17) is 4.74 Å². The van der Waals surface area contributed by atoms with E-state index in [1.807, 2.05) is 36.5 Å². The molecule has 6 heteroatoms. The van der Waals surface area contributed by atoms with Crippen molar-refractivity contribution >= 4 is 22.5 Å². The highest BCUT2D eigenvalue weighted by Crippen LogP contribution is 2.36. The van der Waals surface area contributed by atoms with Gasteiger partial charge in [-0.2, -0.15) is 0 Å². The summed E-state index contributed by atoms with van der Waals surface area (Å²) in [5.41, 5.74) is 5.21. The first-order chi connectivity index (χ1) is 13.1. The molecule has 0 bridgehead atoms. The number of anilines is 1. The number of amides is 1. The van der Waals surface area contributed by atoms with Gasteiger partial charge in [-0.15, -0.1) is 0 Å². The molecule has 1 atom stereocenters. The molecule has 0 unspecified atom stereocenters. The minimum atomic E-state index is -0.0717. The summed E-state index contributed by atoms with van der Waals surface area (Å²) < 4.78 is 5.57. The number of benzene rings is 1. The van der Waals surface area contributed by atoms with Crippen molar-refractivity contribution in [2.45, 2.75) is 19.9 Å². The summed E-state index contributed by atoms with van der Waals surface area (Å²) in [5, 5.41) is 4.00. The van der Waals surface area contributed by atoms with E-state index >= 15 is 0 Å². The molecule has 1 saturated heterocycles. The highest BCUT2D eigenvalue weighted by molar-refractivity contribution is 5.94. The van der Waals surface area contributed by atoms with Crippen molar-refractivity contribution in [2.75, 3.05) is 31.6 Å². The van der Waals surface area contributed by atoms with Gasteiger partial charge < -0.3 is 15.0 Å². The molecule has 1 fully saturated rings. The van der Waals surface area contributed by atoms with Crippen LogP contribution in [0.3, 0.4) is 0 Å². The number of pyridine rings is 1. The highest BCUT2D eigenvalue weighted by atomic mass is 16.5. The van der Waals surface area contributed by atoms with E-state index in [-0.39, 0.29) is 11.9 Å². The van der Waals surface area contributed by atoms with E-state index in [9.17, 15) is 4.79 Å². The number of aromatic nitrogens is 2. The Hall–Kier alpha value is -2.70. The summed E-state index contributed by atoms with van der Waals surface area (Å²) in [5.74, 6) is -0.0717. The lowest BCUT2D eigenvalue weighted by Crippen LogP contribution is -2.40. The van der Waals surface area contributed by atoms with E-state index < -0.39 is 0 Å². The Morgan fingerprint density at radius 1 is 1.26 bits per heavy atom. The predicted molar refractivity (Wildman–Crippen MR) is 106 cm³/mol. The quantitative estimate of drug-likeness (QED) is 0.746. The van der Waals surface area contributed by atoms with Crippen LogP contribution in [0.4, 0.5) is 5.69 Å². The van der Waals surface area contributed by atoms with Crippen molar-refractivity contribution in [1.82, 2.24) is 14.9 Å². The van der Waals surface area contributed by atoms with Gasteiger partial charge in [0, 0.05) is 54.1 Å². The normalized spacial score (nSPS) is 16.4. The summed E-state index contributed by atoms with van der Waals surface area (Å²) >= 11 is 0. The number of carbonyl (C=O) groups is 1. The van der Waals surface area contributed by atoms with E-state index in [0.29, 0.717) is 0 Å². The van der Waals surface area contributed by atoms with Gasteiger partial charge in [0.1, 0.15) is 0 Å². The maximum atomic E-state index is 11.5. The highest BCUT2D eigenvalue weighted by Gasteiger charge is 2.29. The SMILES string of the molecule is CC(=O)Nc1ccc2[nH]c(C)c([C@@H](c3ccccn3)N3CCOCC3)c2c1. The number of nitrogens with zero attached hydrogens (tertiary/aromatic N) is 2. The molecule has 2 aromatic heterocycles. The van der Waals surface area contributed by atoms with E-state index in [1.54, 1.807) is 0 Å². The van der Waals surface area contributed by atoms with Crippen molar-refractivity contribution in [3.05, 3.63) is 59.5 Å². The average molecular weight is 364 g/mol.